The highest BCUT2D eigenvalue weighted by Gasteiger charge is 2.13. The summed E-state index contributed by atoms with van der Waals surface area (Å²) >= 11 is 1.75. The van der Waals surface area contributed by atoms with E-state index in [1.165, 1.54) is 11.1 Å². The Bertz CT molecular complexity index is 631. The summed E-state index contributed by atoms with van der Waals surface area (Å²) < 4.78 is 5.26. The van der Waals surface area contributed by atoms with Gasteiger partial charge in [0.1, 0.15) is 5.76 Å². The minimum absolute atomic E-state index is 0.819. The van der Waals surface area contributed by atoms with Crippen molar-refractivity contribution in [3.8, 4) is 0 Å². The predicted molar refractivity (Wildman–Crippen MR) is 93.8 cm³/mol. The quantitative estimate of drug-likeness (QED) is 0.730. The number of rotatable bonds is 7. The van der Waals surface area contributed by atoms with Crippen LogP contribution in [-0.4, -0.2) is 5.16 Å². The fourth-order valence-corrected chi connectivity index (χ4v) is 3.35. The molecule has 0 fully saturated rings. The minimum Gasteiger partial charge on any atom is -0.404 e. The number of aryl methyl sites for hydroxylation is 3. The van der Waals surface area contributed by atoms with Gasteiger partial charge in [0.05, 0.1) is 5.69 Å². The van der Waals surface area contributed by atoms with E-state index >= 15 is 0 Å². The Balaban J connectivity index is 2.19. The van der Waals surface area contributed by atoms with E-state index in [-0.39, 0.29) is 0 Å². The van der Waals surface area contributed by atoms with Gasteiger partial charge in [-0.3, -0.25) is 0 Å². The Hall–Kier alpha value is -1.81. The van der Waals surface area contributed by atoms with E-state index in [1.807, 2.05) is 13.8 Å². The molecular formula is C18H24N2OS. The van der Waals surface area contributed by atoms with Crippen molar-refractivity contribution < 1.29 is 4.52 Å². The highest BCUT2D eigenvalue weighted by molar-refractivity contribution is 7.07. The van der Waals surface area contributed by atoms with Crippen LogP contribution in [0.1, 0.15) is 48.8 Å². The smallest absolute Gasteiger partial charge is 0.141 e. The number of nitrogens with zero attached hydrogens (tertiary/aromatic N) is 1. The van der Waals surface area contributed by atoms with Crippen LogP contribution >= 0.6 is 11.3 Å². The second-order valence-corrected chi connectivity index (χ2v) is 6.29. The van der Waals surface area contributed by atoms with Gasteiger partial charge in [-0.25, -0.2) is 0 Å². The lowest BCUT2D eigenvalue weighted by Gasteiger charge is -2.08. The largest absolute Gasteiger partial charge is 0.404 e. The molecule has 2 heterocycles. The van der Waals surface area contributed by atoms with Gasteiger partial charge < -0.3 is 10.3 Å². The number of hydrogen-bond acceptors (Lipinski definition) is 4. The van der Waals surface area contributed by atoms with Crippen LogP contribution in [0.4, 0.5) is 0 Å². The summed E-state index contributed by atoms with van der Waals surface area (Å²) in [5.41, 5.74) is 11.6. The molecule has 118 valence electrons. The first-order valence-electron chi connectivity index (χ1n) is 7.71. The first kappa shape index (κ1) is 16.6. The summed E-state index contributed by atoms with van der Waals surface area (Å²) in [6.07, 6.45) is 8.23. The van der Waals surface area contributed by atoms with E-state index in [1.54, 1.807) is 17.5 Å². The Labute approximate surface area is 136 Å². The van der Waals surface area contributed by atoms with E-state index in [4.69, 9.17) is 10.3 Å². The van der Waals surface area contributed by atoms with Crippen LogP contribution in [0.5, 0.6) is 0 Å². The maximum absolute atomic E-state index is 5.86. The van der Waals surface area contributed by atoms with Gasteiger partial charge in [0.25, 0.3) is 0 Å². The van der Waals surface area contributed by atoms with Crippen molar-refractivity contribution in [3.05, 3.63) is 57.3 Å². The molecule has 0 atom stereocenters. The number of allylic oxidation sites excluding steroid dienone is 3. The van der Waals surface area contributed by atoms with Crippen LogP contribution in [0, 0.1) is 13.8 Å². The number of nitrogens with two attached hydrogens (primary N) is 1. The standard InChI is InChI=1S/C18H24N2OS/c1-4-5-15(6-7-16-8-9-22-12-16)10-17(11-19)18-13(2)20-21-14(18)3/h8-12H,4-7,19H2,1-3H3/b15-10+,17-11+. The Morgan fingerprint density at radius 3 is 2.73 bits per heavy atom. The van der Waals surface area contributed by atoms with Crippen molar-refractivity contribution in [1.82, 2.24) is 5.16 Å². The van der Waals surface area contributed by atoms with Gasteiger partial charge in [-0.05, 0) is 55.5 Å². The molecule has 0 saturated carbocycles. The molecule has 2 aromatic rings. The van der Waals surface area contributed by atoms with E-state index in [9.17, 15) is 0 Å². The lowest BCUT2D eigenvalue weighted by molar-refractivity contribution is 0.393. The summed E-state index contributed by atoms with van der Waals surface area (Å²) in [7, 11) is 0. The second kappa shape index (κ2) is 7.99. The summed E-state index contributed by atoms with van der Waals surface area (Å²) in [5, 5.41) is 8.38. The number of aromatic nitrogens is 1. The fourth-order valence-electron chi connectivity index (χ4n) is 2.65. The number of thiophene rings is 1. The third-order valence-corrected chi connectivity index (χ3v) is 4.48. The summed E-state index contributed by atoms with van der Waals surface area (Å²) in [6.45, 7) is 6.09. The van der Waals surface area contributed by atoms with Gasteiger partial charge in [-0.1, -0.05) is 30.2 Å². The van der Waals surface area contributed by atoms with Gasteiger partial charge >= 0.3 is 0 Å². The van der Waals surface area contributed by atoms with Gasteiger partial charge in [-0.15, -0.1) is 0 Å². The second-order valence-electron chi connectivity index (χ2n) is 5.51. The van der Waals surface area contributed by atoms with Gasteiger partial charge in [0, 0.05) is 17.3 Å². The normalized spacial score (nSPS) is 12.9. The average Bonchev–Trinajstić information content (AvgIpc) is 3.13. The molecule has 0 aliphatic heterocycles. The van der Waals surface area contributed by atoms with Crippen molar-refractivity contribution in [2.24, 2.45) is 5.73 Å². The van der Waals surface area contributed by atoms with Crippen LogP contribution in [0.25, 0.3) is 5.57 Å². The van der Waals surface area contributed by atoms with Crippen molar-refractivity contribution >= 4 is 16.9 Å². The zero-order chi connectivity index (χ0) is 15.9. The van der Waals surface area contributed by atoms with Crippen LogP contribution in [0.2, 0.25) is 0 Å². The molecule has 22 heavy (non-hydrogen) atoms. The zero-order valence-corrected chi connectivity index (χ0v) is 14.4. The van der Waals surface area contributed by atoms with Gasteiger partial charge in [-0.2, -0.15) is 11.3 Å². The van der Waals surface area contributed by atoms with E-state index in [2.05, 4.69) is 35.0 Å². The van der Waals surface area contributed by atoms with Gasteiger partial charge in [0.15, 0.2) is 0 Å². The lowest BCUT2D eigenvalue weighted by Crippen LogP contribution is -1.94. The first-order valence-corrected chi connectivity index (χ1v) is 8.65. The SMILES string of the molecule is CCC/C(=C\C(=C/N)c1c(C)noc1C)CCc1ccsc1. The van der Waals surface area contributed by atoms with Gasteiger partial charge in [0.2, 0.25) is 0 Å². The molecule has 0 amide bonds. The van der Waals surface area contributed by atoms with E-state index < -0.39 is 0 Å². The molecule has 0 aliphatic rings. The van der Waals surface area contributed by atoms with Crippen LogP contribution in [0.3, 0.4) is 0 Å². The monoisotopic (exact) mass is 316 g/mol. The molecule has 2 aromatic heterocycles. The maximum atomic E-state index is 5.86. The predicted octanol–water partition coefficient (Wildman–Crippen LogP) is 5.01. The zero-order valence-electron chi connectivity index (χ0n) is 13.6. The molecule has 0 radical (unpaired) electrons. The van der Waals surface area contributed by atoms with Crippen molar-refractivity contribution in [2.45, 2.75) is 46.5 Å². The molecule has 0 spiro atoms. The molecule has 0 aliphatic carbocycles. The molecule has 0 bridgehead atoms. The summed E-state index contributed by atoms with van der Waals surface area (Å²) in [5.74, 6) is 0.819. The Morgan fingerprint density at radius 1 is 1.36 bits per heavy atom. The molecule has 2 N–H and O–H groups in total. The van der Waals surface area contributed by atoms with Crippen molar-refractivity contribution in [3.63, 3.8) is 0 Å². The van der Waals surface area contributed by atoms with Crippen molar-refractivity contribution in [2.75, 3.05) is 0 Å². The molecule has 0 unspecified atom stereocenters. The van der Waals surface area contributed by atoms with Crippen molar-refractivity contribution in [1.29, 1.82) is 0 Å². The number of hydrogen-bond donors (Lipinski definition) is 1. The molecule has 2 rings (SSSR count). The molecule has 4 heteroatoms. The maximum Gasteiger partial charge on any atom is 0.141 e. The minimum atomic E-state index is 0.819. The molecule has 3 nitrogen and oxygen atoms in total. The third-order valence-electron chi connectivity index (χ3n) is 3.75. The van der Waals surface area contributed by atoms with Crippen LogP contribution in [-0.2, 0) is 6.42 Å². The topological polar surface area (TPSA) is 52.0 Å². The first-order chi connectivity index (χ1) is 10.7. The third kappa shape index (κ3) is 4.10. The molecule has 0 aromatic carbocycles. The van der Waals surface area contributed by atoms with E-state index in [0.29, 0.717) is 0 Å². The highest BCUT2D eigenvalue weighted by Crippen LogP contribution is 2.26. The average molecular weight is 316 g/mol. The van der Waals surface area contributed by atoms with Crippen LogP contribution in [0.15, 0.2) is 39.2 Å². The Morgan fingerprint density at radius 2 is 2.18 bits per heavy atom. The lowest BCUT2D eigenvalue weighted by atomic mass is 9.97. The molecular weight excluding hydrogens is 292 g/mol. The fraction of sp³-hybridized carbons (Fsp3) is 0.389. The summed E-state index contributed by atoms with van der Waals surface area (Å²) in [6, 6.07) is 2.20. The molecule has 0 saturated heterocycles. The summed E-state index contributed by atoms with van der Waals surface area (Å²) in [4.78, 5) is 0. The Kier molecular flexibility index (Phi) is 6.01. The van der Waals surface area contributed by atoms with E-state index in [0.717, 1.165) is 48.3 Å². The van der Waals surface area contributed by atoms with Crippen LogP contribution < -0.4 is 5.73 Å². The highest BCUT2D eigenvalue weighted by atomic mass is 32.1.